The standard InChI is InChI=1S/C63H122O17P2/c1-53(2)39-31-23-15-9-11-19-27-35-43-60(65)73-49-59(80-63(68)46-38-30-22-14-18-26-34-42-56(7)8)52-78-82(71,72)76-48-57(64)47-75-81(69,70)77-51-58(50-74-61(66)44-36-28-21-13-17-25-33-41-55(5)6)79-62(67)45-37-29-20-12-10-16-24-32-40-54(3)4/h53-59,64H,9-52H2,1-8H3,(H,69,70)(H,71,72)/t57?,58-,59-/m1/s1. The van der Waals surface area contributed by atoms with Crippen molar-refractivity contribution in [2.24, 2.45) is 23.7 Å². The van der Waals surface area contributed by atoms with Crippen molar-refractivity contribution in [1.29, 1.82) is 0 Å². The Morgan fingerprint density at radius 3 is 0.756 bits per heavy atom. The first kappa shape index (κ1) is 80.1. The molecule has 19 heteroatoms. The molecule has 0 heterocycles. The Labute approximate surface area is 498 Å². The number of carbonyl (C=O) groups is 4. The van der Waals surface area contributed by atoms with Gasteiger partial charge in [-0.3, -0.25) is 37.3 Å². The molecular formula is C63H122O17P2. The van der Waals surface area contributed by atoms with Gasteiger partial charge in [-0.2, -0.15) is 0 Å². The van der Waals surface area contributed by atoms with E-state index >= 15 is 0 Å². The summed E-state index contributed by atoms with van der Waals surface area (Å²) in [7, 11) is -9.89. The van der Waals surface area contributed by atoms with Crippen molar-refractivity contribution in [3.05, 3.63) is 0 Å². The van der Waals surface area contributed by atoms with Gasteiger partial charge in [-0.1, -0.05) is 248 Å². The topological polar surface area (TPSA) is 237 Å². The largest absolute Gasteiger partial charge is 0.472 e. The molecule has 5 atom stereocenters. The van der Waals surface area contributed by atoms with E-state index in [0.29, 0.717) is 37.5 Å². The van der Waals surface area contributed by atoms with E-state index < -0.39 is 97.5 Å². The number of aliphatic hydroxyl groups excluding tert-OH is 1. The lowest BCUT2D eigenvalue weighted by atomic mass is 10.0. The second kappa shape index (κ2) is 53.3. The van der Waals surface area contributed by atoms with Crippen LogP contribution in [0.3, 0.4) is 0 Å². The maximum Gasteiger partial charge on any atom is 0.472 e. The van der Waals surface area contributed by atoms with E-state index in [1.165, 1.54) is 96.3 Å². The molecular weight excluding hydrogens is 1090 g/mol. The van der Waals surface area contributed by atoms with Crippen molar-refractivity contribution in [1.82, 2.24) is 0 Å². The molecule has 82 heavy (non-hydrogen) atoms. The Hall–Kier alpha value is -1.94. The minimum Gasteiger partial charge on any atom is -0.462 e. The number of rotatable bonds is 60. The Morgan fingerprint density at radius 2 is 0.512 bits per heavy atom. The first-order valence-electron chi connectivity index (χ1n) is 32.7. The first-order valence-corrected chi connectivity index (χ1v) is 35.7. The van der Waals surface area contributed by atoms with Crippen LogP contribution in [-0.4, -0.2) is 96.7 Å². The molecule has 0 aliphatic heterocycles. The molecule has 0 saturated heterocycles. The van der Waals surface area contributed by atoms with Crippen molar-refractivity contribution in [3.63, 3.8) is 0 Å². The summed E-state index contributed by atoms with van der Waals surface area (Å²) in [4.78, 5) is 72.1. The van der Waals surface area contributed by atoms with Crippen LogP contribution in [0, 0.1) is 23.7 Å². The zero-order valence-electron chi connectivity index (χ0n) is 53.1. The minimum absolute atomic E-state index is 0.102. The van der Waals surface area contributed by atoms with Gasteiger partial charge in [-0.05, 0) is 49.4 Å². The van der Waals surface area contributed by atoms with E-state index in [4.69, 9.17) is 37.0 Å². The smallest absolute Gasteiger partial charge is 0.462 e. The van der Waals surface area contributed by atoms with Gasteiger partial charge in [0, 0.05) is 25.7 Å². The molecule has 0 amide bonds. The number of phosphoric acid groups is 2. The van der Waals surface area contributed by atoms with Crippen LogP contribution in [0.2, 0.25) is 0 Å². The van der Waals surface area contributed by atoms with Crippen molar-refractivity contribution in [3.8, 4) is 0 Å². The van der Waals surface area contributed by atoms with Gasteiger partial charge in [0.1, 0.15) is 19.3 Å². The normalized spacial score (nSPS) is 14.5. The molecule has 0 aromatic carbocycles. The maximum atomic E-state index is 13.0. The fourth-order valence-corrected chi connectivity index (χ4v) is 10.8. The lowest BCUT2D eigenvalue weighted by Gasteiger charge is -2.21. The number of phosphoric ester groups is 2. The van der Waals surface area contributed by atoms with Crippen molar-refractivity contribution >= 4 is 39.5 Å². The summed E-state index contributed by atoms with van der Waals surface area (Å²) in [6.45, 7) is 13.9. The van der Waals surface area contributed by atoms with Gasteiger partial charge in [0.05, 0.1) is 26.4 Å². The predicted octanol–water partition coefficient (Wildman–Crippen LogP) is 17.0. The van der Waals surface area contributed by atoms with Gasteiger partial charge in [0.2, 0.25) is 0 Å². The molecule has 0 aromatic heterocycles. The van der Waals surface area contributed by atoms with Gasteiger partial charge in [-0.15, -0.1) is 0 Å². The van der Waals surface area contributed by atoms with Crippen molar-refractivity contribution in [2.45, 2.75) is 318 Å². The summed E-state index contributed by atoms with van der Waals surface area (Å²) in [5, 5.41) is 10.5. The molecule has 3 N–H and O–H groups in total. The highest BCUT2D eigenvalue weighted by Gasteiger charge is 2.30. The van der Waals surface area contributed by atoms with E-state index in [0.717, 1.165) is 108 Å². The molecule has 3 unspecified atom stereocenters. The predicted molar refractivity (Wildman–Crippen MR) is 326 cm³/mol. The number of unbranched alkanes of at least 4 members (excludes halogenated alkanes) is 26. The minimum atomic E-state index is -4.94. The highest BCUT2D eigenvalue weighted by atomic mass is 31.2. The number of carbonyl (C=O) groups excluding carboxylic acids is 4. The Bertz CT molecular complexity index is 1640. The van der Waals surface area contributed by atoms with Crippen LogP contribution in [0.5, 0.6) is 0 Å². The molecule has 17 nitrogen and oxygen atoms in total. The summed E-state index contributed by atoms with van der Waals surface area (Å²) >= 11 is 0. The number of hydrogen-bond acceptors (Lipinski definition) is 15. The first-order chi connectivity index (χ1) is 39.1. The number of esters is 4. The highest BCUT2D eigenvalue weighted by Crippen LogP contribution is 2.45. The molecule has 0 rings (SSSR count). The number of ether oxygens (including phenoxy) is 4. The van der Waals surface area contributed by atoms with Gasteiger partial charge >= 0.3 is 39.5 Å². The summed E-state index contributed by atoms with van der Waals surface area (Å²) in [6.07, 6.45) is 32.3. The summed E-state index contributed by atoms with van der Waals surface area (Å²) in [6, 6.07) is 0. The average molecular weight is 1210 g/mol. The van der Waals surface area contributed by atoms with Gasteiger partial charge in [-0.25, -0.2) is 9.13 Å². The van der Waals surface area contributed by atoms with E-state index in [-0.39, 0.29) is 25.7 Å². The molecule has 486 valence electrons. The second-order valence-corrected chi connectivity index (χ2v) is 27.6. The third-order valence-corrected chi connectivity index (χ3v) is 16.2. The molecule has 0 aliphatic rings. The Balaban J connectivity index is 5.25. The lowest BCUT2D eigenvalue weighted by molar-refractivity contribution is -0.161. The molecule has 0 bridgehead atoms. The van der Waals surface area contributed by atoms with E-state index in [2.05, 4.69) is 55.4 Å². The lowest BCUT2D eigenvalue weighted by Crippen LogP contribution is -2.30. The summed E-state index contributed by atoms with van der Waals surface area (Å²) < 4.78 is 67.9. The molecule has 0 spiro atoms. The van der Waals surface area contributed by atoms with E-state index in [1.807, 2.05) is 0 Å². The maximum absolute atomic E-state index is 13.0. The van der Waals surface area contributed by atoms with Crippen molar-refractivity contribution in [2.75, 3.05) is 39.6 Å². The molecule has 0 fully saturated rings. The van der Waals surface area contributed by atoms with Crippen molar-refractivity contribution < 1.29 is 80.2 Å². The van der Waals surface area contributed by atoms with E-state index in [9.17, 15) is 43.2 Å². The second-order valence-electron chi connectivity index (χ2n) is 24.7. The van der Waals surface area contributed by atoms with Crippen LogP contribution in [0.25, 0.3) is 0 Å². The average Bonchev–Trinajstić information content (AvgIpc) is 3.43. The monoisotopic (exact) mass is 1210 g/mol. The zero-order chi connectivity index (χ0) is 61.1. The van der Waals surface area contributed by atoms with Crippen LogP contribution < -0.4 is 0 Å². The summed E-state index contributed by atoms with van der Waals surface area (Å²) in [5.74, 6) is 0.701. The van der Waals surface area contributed by atoms with E-state index in [1.54, 1.807) is 0 Å². The molecule has 0 radical (unpaired) electrons. The summed E-state index contributed by atoms with van der Waals surface area (Å²) in [5.41, 5.74) is 0. The van der Waals surface area contributed by atoms with Crippen LogP contribution in [0.4, 0.5) is 0 Å². The quantitative estimate of drug-likeness (QED) is 0.0222. The Kier molecular flexibility index (Phi) is 52.0. The number of aliphatic hydroxyl groups is 1. The fourth-order valence-electron chi connectivity index (χ4n) is 9.25. The SMILES string of the molecule is CC(C)CCCCCCCCCCC(=O)OC[C@H](COP(=O)(O)OCC(O)COP(=O)(O)OC[C@@H](COC(=O)CCCCCCCCCC(C)C)OC(=O)CCCCCCCCCCC(C)C)OC(=O)CCCCCCCCCC(C)C. The molecule has 0 aromatic rings. The van der Waals surface area contributed by atoms with Crippen LogP contribution >= 0.6 is 15.6 Å². The number of hydrogen-bond donors (Lipinski definition) is 3. The fraction of sp³-hybridized carbons (Fsp3) is 0.937. The Morgan fingerprint density at radius 1 is 0.305 bits per heavy atom. The third-order valence-electron chi connectivity index (χ3n) is 14.3. The molecule has 0 aliphatic carbocycles. The van der Waals surface area contributed by atoms with Gasteiger partial charge in [0.25, 0.3) is 0 Å². The van der Waals surface area contributed by atoms with Gasteiger partial charge in [0.15, 0.2) is 12.2 Å². The van der Waals surface area contributed by atoms with Crippen LogP contribution in [-0.2, 0) is 65.4 Å². The van der Waals surface area contributed by atoms with Gasteiger partial charge < -0.3 is 33.8 Å². The third kappa shape index (κ3) is 57.2. The zero-order valence-corrected chi connectivity index (χ0v) is 54.9. The molecule has 0 saturated carbocycles. The van der Waals surface area contributed by atoms with Crippen LogP contribution in [0.1, 0.15) is 299 Å². The van der Waals surface area contributed by atoms with Crippen LogP contribution in [0.15, 0.2) is 0 Å². The highest BCUT2D eigenvalue weighted by molar-refractivity contribution is 7.47.